The third-order valence-electron chi connectivity index (χ3n) is 4.47. The Morgan fingerprint density at radius 3 is 2.70 bits per heavy atom. The fourth-order valence-corrected chi connectivity index (χ4v) is 5.31. The van der Waals surface area contributed by atoms with Crippen LogP contribution in [0, 0.1) is 0 Å². The Morgan fingerprint density at radius 2 is 1.96 bits per heavy atom. The van der Waals surface area contributed by atoms with E-state index in [1.807, 2.05) is 30.6 Å². The van der Waals surface area contributed by atoms with E-state index in [-0.39, 0.29) is 21.9 Å². The molecule has 3 aromatic heterocycles. The Hall–Kier alpha value is -2.13. The molecule has 0 aliphatic rings. The van der Waals surface area contributed by atoms with Gasteiger partial charge < -0.3 is 0 Å². The number of pyridine rings is 2. The fourth-order valence-electron chi connectivity index (χ4n) is 3.09. The van der Waals surface area contributed by atoms with Crippen LogP contribution in [0.25, 0.3) is 11.0 Å². The fraction of sp³-hybridized carbons (Fsp3) is 0.143. The second-order valence-corrected chi connectivity index (χ2v) is 9.33. The number of halogens is 1. The molecule has 2 atom stereocenters. The van der Waals surface area contributed by atoms with Crippen LogP contribution in [-0.4, -0.2) is 37.8 Å². The normalized spacial score (nSPS) is 12.8. The monoisotopic (exact) mass is 439 g/mol. The summed E-state index contributed by atoms with van der Waals surface area (Å²) in [6.07, 6.45) is 5.50. The number of fused-ring (bicyclic) bond motifs is 1. The van der Waals surface area contributed by atoms with Crippen LogP contribution < -0.4 is 4.35 Å². The molecule has 27 heavy (non-hydrogen) atoms. The van der Waals surface area contributed by atoms with E-state index in [2.05, 4.69) is 45.3 Å². The molecule has 136 valence electrons. The van der Waals surface area contributed by atoms with Gasteiger partial charge in [0, 0.05) is 0 Å². The molecule has 0 radical (unpaired) electrons. The van der Waals surface area contributed by atoms with Crippen molar-refractivity contribution in [1.82, 2.24) is 15.0 Å². The molecule has 4 nitrogen and oxygen atoms in total. The van der Waals surface area contributed by atoms with Crippen molar-refractivity contribution < 1.29 is 4.74 Å². The first-order valence-electron chi connectivity index (χ1n) is 8.63. The van der Waals surface area contributed by atoms with Crippen molar-refractivity contribution in [3.8, 4) is 0 Å². The van der Waals surface area contributed by atoms with Crippen molar-refractivity contribution in [3.05, 3.63) is 89.0 Å². The molecule has 4 rings (SSSR count). The molecule has 4 aromatic rings. The summed E-state index contributed by atoms with van der Waals surface area (Å²) in [6.45, 7) is 0. The summed E-state index contributed by atoms with van der Waals surface area (Å²) in [5, 5.41) is 2.87. The molecule has 0 spiro atoms. The van der Waals surface area contributed by atoms with Crippen LogP contribution in [0.5, 0.6) is 0 Å². The van der Waals surface area contributed by atoms with Gasteiger partial charge in [-0.25, -0.2) is 0 Å². The number of methoxy groups -OCH3 is 1. The van der Waals surface area contributed by atoms with Gasteiger partial charge in [-0.2, -0.15) is 0 Å². The van der Waals surface area contributed by atoms with Gasteiger partial charge in [-0.1, -0.05) is 0 Å². The summed E-state index contributed by atoms with van der Waals surface area (Å²) < 4.78 is 7.16. The Kier molecular flexibility index (Phi) is 5.58. The number of H-pyrrole nitrogens is 1. The Labute approximate surface area is 169 Å². The molecule has 0 aliphatic heterocycles. The van der Waals surface area contributed by atoms with E-state index in [1.165, 1.54) is 4.35 Å². The second kappa shape index (κ2) is 8.26. The van der Waals surface area contributed by atoms with Crippen molar-refractivity contribution in [3.63, 3.8) is 0 Å². The van der Waals surface area contributed by atoms with Gasteiger partial charge in [0.1, 0.15) is 0 Å². The molecular weight excluding hydrogens is 421 g/mol. The number of nitrogens with one attached hydrogen (secondary N) is 1. The molecule has 3 heterocycles. The average molecular weight is 440 g/mol. The SMILES string of the molecule is COC(c1ccc(C[AsH]c2ccc(Cl)cc2)nc1)c1c[nH]c2ncccc12. The van der Waals surface area contributed by atoms with E-state index in [0.29, 0.717) is 0 Å². The van der Waals surface area contributed by atoms with Gasteiger partial charge in [-0.05, 0) is 0 Å². The Morgan fingerprint density at radius 1 is 1.11 bits per heavy atom. The Bertz CT molecular complexity index is 1030. The standard InChI is InChI=1S/C21H19AsClN3O/c1-27-20(19-13-26-21-18(19)3-2-10-24-21)14-4-9-17(25-12-14)11-22-15-5-7-16(23)8-6-15/h2-10,12-13,20,22H,11H2,1H3,(H,24,26). The van der Waals surface area contributed by atoms with Crippen LogP contribution >= 0.6 is 11.6 Å². The van der Waals surface area contributed by atoms with Gasteiger partial charge in [0.25, 0.3) is 0 Å². The van der Waals surface area contributed by atoms with Gasteiger partial charge in [-0.3, -0.25) is 0 Å². The van der Waals surface area contributed by atoms with Crippen LogP contribution in [-0.2, 0) is 9.95 Å². The summed E-state index contributed by atoms with van der Waals surface area (Å²) in [5.41, 5.74) is 4.10. The zero-order chi connectivity index (χ0) is 18.6. The summed E-state index contributed by atoms with van der Waals surface area (Å²) in [6, 6.07) is 16.3. The van der Waals surface area contributed by atoms with Gasteiger partial charge in [0.05, 0.1) is 0 Å². The number of rotatable bonds is 6. The van der Waals surface area contributed by atoms with Crippen LogP contribution in [0.4, 0.5) is 0 Å². The minimum atomic E-state index is -0.265. The summed E-state index contributed by atoms with van der Waals surface area (Å²) in [5.74, 6) is 0. The molecule has 2 unspecified atom stereocenters. The second-order valence-electron chi connectivity index (χ2n) is 6.20. The van der Waals surface area contributed by atoms with E-state index in [4.69, 9.17) is 16.3 Å². The van der Waals surface area contributed by atoms with Crippen molar-refractivity contribution in [2.75, 3.05) is 7.11 Å². The number of hydrogen-bond donors (Lipinski definition) is 1. The maximum absolute atomic E-state index is 5.95. The first-order chi connectivity index (χ1) is 13.2. The molecule has 0 bridgehead atoms. The van der Waals surface area contributed by atoms with Gasteiger partial charge in [-0.15, -0.1) is 0 Å². The maximum atomic E-state index is 5.95. The number of aromatic nitrogens is 3. The van der Waals surface area contributed by atoms with E-state index in [0.717, 1.165) is 38.1 Å². The summed E-state index contributed by atoms with van der Waals surface area (Å²) >= 11 is 5.69. The van der Waals surface area contributed by atoms with Gasteiger partial charge in [0.15, 0.2) is 0 Å². The first-order valence-corrected chi connectivity index (χ1v) is 11.5. The molecule has 0 saturated carbocycles. The van der Waals surface area contributed by atoms with Crippen LogP contribution in [0.3, 0.4) is 0 Å². The first kappa shape index (κ1) is 18.2. The van der Waals surface area contributed by atoms with Gasteiger partial charge in [0.2, 0.25) is 0 Å². The third-order valence-corrected chi connectivity index (χ3v) is 7.41. The van der Waals surface area contributed by atoms with Gasteiger partial charge >= 0.3 is 170 Å². The molecule has 0 saturated heterocycles. The van der Waals surface area contributed by atoms with E-state index in [9.17, 15) is 0 Å². The van der Waals surface area contributed by atoms with Crippen molar-refractivity contribution in [2.45, 2.75) is 11.3 Å². The number of benzene rings is 1. The molecule has 0 aliphatic carbocycles. The number of nitrogens with zero attached hydrogens (tertiary/aromatic N) is 2. The minimum absolute atomic E-state index is 0.170. The predicted molar refractivity (Wildman–Crippen MR) is 111 cm³/mol. The van der Waals surface area contributed by atoms with Crippen LogP contribution in [0.15, 0.2) is 67.1 Å². The Balaban J connectivity index is 1.51. The molecule has 0 fully saturated rings. The number of hydrogen-bond acceptors (Lipinski definition) is 3. The molecular formula is C21H19AsClN3O. The quantitative estimate of drug-likeness (QED) is 0.467. The van der Waals surface area contributed by atoms with Crippen LogP contribution in [0.2, 0.25) is 5.02 Å². The number of aromatic amines is 1. The van der Waals surface area contributed by atoms with Crippen molar-refractivity contribution in [1.29, 1.82) is 0 Å². The summed E-state index contributed by atoms with van der Waals surface area (Å²) in [7, 11) is 1.72. The third kappa shape index (κ3) is 4.08. The zero-order valence-corrected chi connectivity index (χ0v) is 17.7. The van der Waals surface area contributed by atoms with Crippen molar-refractivity contribution >= 4 is 42.7 Å². The number of ether oxygens (including phenoxy) is 1. The van der Waals surface area contributed by atoms with E-state index >= 15 is 0 Å². The topological polar surface area (TPSA) is 50.8 Å². The molecule has 1 aromatic carbocycles. The molecule has 6 heteroatoms. The molecule has 0 amide bonds. The predicted octanol–water partition coefficient (Wildman–Crippen LogP) is 3.61. The van der Waals surface area contributed by atoms with Crippen molar-refractivity contribution in [2.24, 2.45) is 0 Å². The summed E-state index contributed by atoms with van der Waals surface area (Å²) in [4.78, 5) is 12.2. The van der Waals surface area contributed by atoms with E-state index in [1.54, 1.807) is 13.3 Å². The molecule has 1 N–H and O–H groups in total. The van der Waals surface area contributed by atoms with Crippen LogP contribution in [0.1, 0.15) is 22.9 Å². The zero-order valence-electron chi connectivity index (χ0n) is 14.8. The van der Waals surface area contributed by atoms with E-state index < -0.39 is 0 Å². The average Bonchev–Trinajstić information content (AvgIpc) is 3.13.